The minimum Gasteiger partial charge on any atom is -0.486 e. The molecular weight excluding hydrogens is 436 g/mol. The van der Waals surface area contributed by atoms with Crippen LogP contribution in [0.2, 0.25) is 0 Å². The van der Waals surface area contributed by atoms with Gasteiger partial charge in [0.2, 0.25) is 0 Å². The fourth-order valence-corrected chi connectivity index (χ4v) is 4.01. The molecule has 2 heterocycles. The van der Waals surface area contributed by atoms with Crippen LogP contribution in [0.3, 0.4) is 0 Å². The van der Waals surface area contributed by atoms with E-state index in [1.165, 1.54) is 0 Å². The molecule has 0 aliphatic carbocycles. The lowest BCUT2D eigenvalue weighted by Crippen LogP contribution is -2.42. The van der Waals surface area contributed by atoms with E-state index in [-0.39, 0.29) is 24.6 Å². The number of para-hydroxylation sites is 4. The van der Waals surface area contributed by atoms with Gasteiger partial charge in [0.25, 0.3) is 5.91 Å². The summed E-state index contributed by atoms with van der Waals surface area (Å²) < 4.78 is 18.4. The van der Waals surface area contributed by atoms with Gasteiger partial charge in [-0.15, -0.1) is 0 Å². The first-order valence-corrected chi connectivity index (χ1v) is 10.9. The molecule has 1 N–H and O–H groups in total. The van der Waals surface area contributed by atoms with E-state index in [0.717, 1.165) is 0 Å². The molecule has 1 aromatic heterocycles. The number of hydrogen-bond donors (Lipinski definition) is 1. The summed E-state index contributed by atoms with van der Waals surface area (Å²) in [6, 6.07) is 21.5. The number of hydrogen-bond acceptors (Lipinski definition) is 6. The van der Waals surface area contributed by atoms with Crippen LogP contribution in [0.4, 0.5) is 0 Å². The molecule has 34 heavy (non-hydrogen) atoms. The number of esters is 1. The van der Waals surface area contributed by atoms with Gasteiger partial charge in [-0.05, 0) is 36.4 Å². The molecule has 0 spiro atoms. The van der Waals surface area contributed by atoms with Crippen LogP contribution in [0.5, 0.6) is 11.5 Å². The largest absolute Gasteiger partial charge is 0.486 e. The maximum absolute atomic E-state index is 12.8. The highest BCUT2D eigenvalue weighted by Crippen LogP contribution is 2.30. The monoisotopic (exact) mass is 458 g/mol. The molecule has 172 valence electrons. The zero-order chi connectivity index (χ0) is 23.5. The van der Waals surface area contributed by atoms with Crippen molar-refractivity contribution in [3.8, 4) is 11.5 Å². The van der Waals surface area contributed by atoms with Crippen LogP contribution in [0, 0.1) is 0 Å². The van der Waals surface area contributed by atoms with Gasteiger partial charge in [-0.3, -0.25) is 14.4 Å². The Balaban J connectivity index is 1.21. The number of aromatic nitrogens is 1. The van der Waals surface area contributed by atoms with E-state index < -0.39 is 18.5 Å². The first-order valence-electron chi connectivity index (χ1n) is 10.9. The normalized spacial score (nSPS) is 14.6. The van der Waals surface area contributed by atoms with Crippen molar-refractivity contribution in [1.82, 2.24) is 9.88 Å². The number of pyridine rings is 1. The number of nitrogens with one attached hydrogen (secondary N) is 1. The molecule has 0 saturated heterocycles. The Bertz CT molecular complexity index is 1380. The lowest BCUT2D eigenvalue weighted by molar-refractivity contribution is -0.149. The number of amides is 1. The van der Waals surface area contributed by atoms with Crippen LogP contribution >= 0.6 is 0 Å². The van der Waals surface area contributed by atoms with Gasteiger partial charge in [0, 0.05) is 10.8 Å². The number of carbonyl (C=O) groups excluding carboxylic acids is 2. The Hall–Kier alpha value is -4.33. The van der Waals surface area contributed by atoms with Gasteiger partial charge in [0.05, 0.1) is 17.6 Å². The third kappa shape index (κ3) is 4.30. The average molecular weight is 458 g/mol. The number of carbonyl (C=O) groups is 2. The van der Waals surface area contributed by atoms with Gasteiger partial charge >= 0.3 is 5.97 Å². The van der Waals surface area contributed by atoms with E-state index in [4.69, 9.17) is 14.2 Å². The molecule has 1 unspecified atom stereocenters. The number of nitrogens with zero attached hydrogens (tertiary/aromatic N) is 1. The van der Waals surface area contributed by atoms with Gasteiger partial charge in [-0.1, -0.05) is 36.4 Å². The topological polar surface area (TPSA) is 95.9 Å². The number of ether oxygens (including phenoxy) is 3. The molecule has 1 aliphatic heterocycles. The minimum absolute atomic E-state index is 0.0910. The summed E-state index contributed by atoms with van der Waals surface area (Å²) in [5, 5.41) is 3.73. The molecule has 0 bridgehead atoms. The van der Waals surface area contributed by atoms with Crippen molar-refractivity contribution in [3.63, 3.8) is 0 Å². The maximum atomic E-state index is 12.8. The summed E-state index contributed by atoms with van der Waals surface area (Å²) in [4.78, 5) is 37.6. The number of benzene rings is 3. The molecular formula is C26H22N2O6. The van der Waals surface area contributed by atoms with Crippen molar-refractivity contribution in [2.75, 3.05) is 19.8 Å². The molecule has 5 rings (SSSR count). The molecule has 1 amide bonds. The minimum atomic E-state index is -0.583. The van der Waals surface area contributed by atoms with Crippen LogP contribution in [-0.4, -0.2) is 42.3 Å². The lowest BCUT2D eigenvalue weighted by atomic mass is 10.1. The highest BCUT2D eigenvalue weighted by atomic mass is 16.6. The summed E-state index contributed by atoms with van der Waals surface area (Å²) in [5.41, 5.74) is 1.16. The predicted molar refractivity (Wildman–Crippen MR) is 126 cm³/mol. The van der Waals surface area contributed by atoms with Crippen molar-refractivity contribution in [2.45, 2.75) is 12.6 Å². The van der Waals surface area contributed by atoms with Crippen molar-refractivity contribution in [2.24, 2.45) is 0 Å². The van der Waals surface area contributed by atoms with Crippen LogP contribution in [0.25, 0.3) is 21.8 Å². The van der Waals surface area contributed by atoms with Crippen LogP contribution in [0.1, 0.15) is 0 Å². The van der Waals surface area contributed by atoms with Crippen LogP contribution in [0.15, 0.2) is 77.6 Å². The number of fused-ring (bicyclic) bond motifs is 3. The second kappa shape index (κ2) is 9.27. The predicted octanol–water partition coefficient (Wildman–Crippen LogP) is 2.65. The van der Waals surface area contributed by atoms with Gasteiger partial charge in [-0.25, -0.2) is 0 Å². The van der Waals surface area contributed by atoms with Crippen molar-refractivity contribution < 1.29 is 23.8 Å². The summed E-state index contributed by atoms with van der Waals surface area (Å²) >= 11 is 0. The van der Waals surface area contributed by atoms with Crippen LogP contribution in [-0.2, 0) is 20.9 Å². The van der Waals surface area contributed by atoms with E-state index in [2.05, 4.69) is 5.32 Å². The zero-order valence-corrected chi connectivity index (χ0v) is 18.2. The lowest BCUT2D eigenvalue weighted by Gasteiger charge is -2.26. The highest BCUT2D eigenvalue weighted by Gasteiger charge is 2.21. The molecule has 8 nitrogen and oxygen atoms in total. The molecule has 0 fully saturated rings. The molecule has 8 heteroatoms. The fraction of sp³-hybridized carbons (Fsp3) is 0.192. The molecule has 1 atom stereocenters. The summed E-state index contributed by atoms with van der Waals surface area (Å²) in [5.74, 6) is 0.271. The fourth-order valence-electron chi connectivity index (χ4n) is 4.01. The second-order valence-corrected chi connectivity index (χ2v) is 7.91. The van der Waals surface area contributed by atoms with Crippen molar-refractivity contribution in [3.05, 3.63) is 83.0 Å². The Morgan fingerprint density at radius 3 is 2.24 bits per heavy atom. The molecule has 0 saturated carbocycles. The Morgan fingerprint density at radius 1 is 0.912 bits per heavy atom. The smallest absolute Gasteiger partial charge is 0.326 e. The average Bonchev–Trinajstić information content (AvgIpc) is 2.88. The van der Waals surface area contributed by atoms with Crippen molar-refractivity contribution >= 4 is 33.7 Å². The third-order valence-corrected chi connectivity index (χ3v) is 5.62. The van der Waals surface area contributed by atoms with E-state index in [1.807, 2.05) is 18.2 Å². The van der Waals surface area contributed by atoms with Gasteiger partial charge in [0.15, 0.2) is 23.5 Å². The van der Waals surface area contributed by atoms with E-state index in [9.17, 15) is 14.4 Å². The third-order valence-electron chi connectivity index (χ3n) is 5.62. The first-order chi connectivity index (χ1) is 16.6. The summed E-state index contributed by atoms with van der Waals surface area (Å²) in [6.45, 7) is -0.0205. The zero-order valence-electron chi connectivity index (χ0n) is 18.2. The van der Waals surface area contributed by atoms with Crippen molar-refractivity contribution in [1.29, 1.82) is 0 Å². The summed E-state index contributed by atoms with van der Waals surface area (Å²) in [7, 11) is 0. The van der Waals surface area contributed by atoms with Gasteiger partial charge in [-0.2, -0.15) is 0 Å². The molecule has 4 aromatic rings. The van der Waals surface area contributed by atoms with Gasteiger partial charge in [0.1, 0.15) is 19.3 Å². The Morgan fingerprint density at radius 2 is 1.53 bits per heavy atom. The maximum Gasteiger partial charge on any atom is 0.326 e. The number of rotatable bonds is 6. The highest BCUT2D eigenvalue weighted by molar-refractivity contribution is 5.94. The Kier molecular flexibility index (Phi) is 5.86. The molecule has 1 aliphatic rings. The summed E-state index contributed by atoms with van der Waals surface area (Å²) in [6.07, 6.45) is -0.339. The standard InChI is InChI=1S/C26H22N2O6/c29-24(27-13-17-15-32-22-11-5-6-12-23(22)34-17)16-33-25(30)14-28-20-9-3-1-7-18(20)26(31)19-8-2-4-10-21(19)28/h1-12,17H,13-16H2,(H,27,29). The molecule has 3 aromatic carbocycles. The van der Waals surface area contributed by atoms with E-state index >= 15 is 0 Å². The molecule has 0 radical (unpaired) electrons. The van der Waals surface area contributed by atoms with E-state index in [1.54, 1.807) is 59.2 Å². The first kappa shape index (κ1) is 21.5. The van der Waals surface area contributed by atoms with E-state index in [0.29, 0.717) is 39.9 Å². The van der Waals surface area contributed by atoms with Crippen LogP contribution < -0.4 is 20.2 Å². The second-order valence-electron chi connectivity index (χ2n) is 7.91. The quantitative estimate of drug-likeness (QED) is 0.353. The Labute approximate surface area is 194 Å². The SMILES string of the molecule is O=C(COC(=O)Cn1c2ccccc2c(=O)c2ccccc21)NCC1COc2ccccc2O1. The van der Waals surface area contributed by atoms with Gasteiger partial charge < -0.3 is 24.1 Å².